The van der Waals surface area contributed by atoms with Crippen LogP contribution in [-0.2, 0) is 0 Å². The molecule has 0 saturated carbocycles. The van der Waals surface area contributed by atoms with Crippen molar-refractivity contribution >= 4 is 0 Å². The van der Waals surface area contributed by atoms with Gasteiger partial charge < -0.3 is 11.3 Å². The van der Waals surface area contributed by atoms with Gasteiger partial charge in [-0.2, -0.15) is 12.8 Å². The monoisotopic (exact) mass is 366 g/mol. The van der Waals surface area contributed by atoms with Crippen molar-refractivity contribution < 1.29 is 31.1 Å². The van der Waals surface area contributed by atoms with Crippen molar-refractivity contribution in [3.63, 3.8) is 0 Å². The third-order valence-corrected chi connectivity index (χ3v) is 1.43. The first-order chi connectivity index (χ1) is 4.39. The van der Waals surface area contributed by atoms with Crippen LogP contribution in [0.4, 0.5) is 0 Å². The van der Waals surface area contributed by atoms with Crippen molar-refractivity contribution in [3.8, 4) is 0 Å². The van der Waals surface area contributed by atoms with Gasteiger partial charge in [0.2, 0.25) is 0 Å². The van der Waals surface area contributed by atoms with Crippen molar-refractivity contribution in [2.24, 2.45) is 0 Å². The summed E-state index contributed by atoms with van der Waals surface area (Å²) in [5, 5.41) is 0. The Morgan fingerprint density at radius 2 is 1.50 bits per heavy atom. The molecule has 0 aromatic heterocycles. The van der Waals surface area contributed by atoms with Crippen molar-refractivity contribution in [1.82, 2.24) is 4.90 Å². The maximum Gasteiger partial charge on any atom is 0 e. The SMILES string of the molecule is CC.CN1CC[CH-]CC1.[U]. The number of hydrogen-bond acceptors (Lipinski definition) is 1. The second-order valence-electron chi connectivity index (χ2n) is 2.17. The van der Waals surface area contributed by atoms with Crippen LogP contribution in [0.1, 0.15) is 26.7 Å². The molecule has 0 spiro atoms. The molecular weight excluding hydrogens is 348 g/mol. The Morgan fingerprint density at radius 1 is 1.10 bits per heavy atom. The molecule has 0 bridgehead atoms. The van der Waals surface area contributed by atoms with Gasteiger partial charge in [-0.05, 0) is 20.1 Å². The van der Waals surface area contributed by atoms with Gasteiger partial charge in [0.25, 0.3) is 0 Å². The van der Waals surface area contributed by atoms with Crippen molar-refractivity contribution in [3.05, 3.63) is 6.42 Å². The summed E-state index contributed by atoms with van der Waals surface area (Å²) in [5.74, 6) is 0. The van der Waals surface area contributed by atoms with E-state index < -0.39 is 0 Å². The average Bonchev–Trinajstić information content (AvgIpc) is 1.94. The Kier molecular flexibility index (Phi) is 13.6. The summed E-state index contributed by atoms with van der Waals surface area (Å²) in [4.78, 5) is 2.36. The first-order valence-corrected chi connectivity index (χ1v) is 3.90. The van der Waals surface area contributed by atoms with E-state index in [2.05, 4.69) is 18.4 Å². The molecule has 0 aromatic rings. The summed E-state index contributed by atoms with van der Waals surface area (Å²) >= 11 is 0. The van der Waals surface area contributed by atoms with E-state index in [4.69, 9.17) is 0 Å². The van der Waals surface area contributed by atoms with E-state index in [1.807, 2.05) is 13.8 Å². The van der Waals surface area contributed by atoms with Crippen LogP contribution >= 0.6 is 0 Å². The molecule has 60 valence electrons. The number of likely N-dealkylation sites (tertiary alicyclic amines) is 1. The molecule has 1 nitrogen and oxygen atoms in total. The summed E-state index contributed by atoms with van der Waals surface area (Å²) in [5.41, 5.74) is 0. The van der Waals surface area contributed by atoms with Gasteiger partial charge in [-0.3, -0.25) is 0 Å². The van der Waals surface area contributed by atoms with Crippen LogP contribution in [-0.4, -0.2) is 25.0 Å². The summed E-state index contributed by atoms with van der Waals surface area (Å²) < 4.78 is 0. The summed E-state index contributed by atoms with van der Waals surface area (Å²) in [7, 11) is 2.17. The Hall–Kier alpha value is 1.01. The Balaban J connectivity index is 0. The van der Waals surface area contributed by atoms with Crippen LogP contribution in [0.15, 0.2) is 0 Å². The van der Waals surface area contributed by atoms with E-state index >= 15 is 0 Å². The van der Waals surface area contributed by atoms with Gasteiger partial charge >= 0.3 is 0 Å². The molecule has 1 heterocycles. The smallest absolute Gasteiger partial charge is 0 e. The Labute approximate surface area is 88.9 Å². The quantitative estimate of drug-likeness (QED) is 0.593. The molecule has 10 heavy (non-hydrogen) atoms. The van der Waals surface area contributed by atoms with E-state index in [0.717, 1.165) is 0 Å². The number of nitrogens with zero attached hydrogens (tertiary/aromatic N) is 1. The van der Waals surface area contributed by atoms with E-state index in [9.17, 15) is 0 Å². The van der Waals surface area contributed by atoms with Crippen molar-refractivity contribution in [2.45, 2.75) is 26.7 Å². The fourth-order valence-electron chi connectivity index (χ4n) is 0.879. The van der Waals surface area contributed by atoms with E-state index in [1.165, 1.54) is 25.9 Å². The second-order valence-corrected chi connectivity index (χ2v) is 2.17. The summed E-state index contributed by atoms with van der Waals surface area (Å²) in [6.45, 7) is 6.53. The first kappa shape index (κ1) is 13.6. The van der Waals surface area contributed by atoms with Gasteiger partial charge in [0, 0.05) is 31.1 Å². The first-order valence-electron chi connectivity index (χ1n) is 3.90. The van der Waals surface area contributed by atoms with Gasteiger partial charge in [-0.15, -0.1) is 0 Å². The fraction of sp³-hybridized carbons (Fsp3) is 0.875. The predicted octanol–water partition coefficient (Wildman–Crippen LogP) is 1.94. The maximum atomic E-state index is 2.36. The topological polar surface area (TPSA) is 3.24 Å². The van der Waals surface area contributed by atoms with Gasteiger partial charge in [0.15, 0.2) is 0 Å². The molecule has 0 unspecified atom stereocenters. The minimum absolute atomic E-state index is 0. The zero-order valence-corrected chi connectivity index (χ0v) is 11.5. The largest absolute Gasteiger partial charge is 0.326 e. The molecule has 0 aromatic carbocycles. The van der Waals surface area contributed by atoms with Gasteiger partial charge in [-0.1, -0.05) is 13.8 Å². The van der Waals surface area contributed by atoms with Crippen LogP contribution in [0.3, 0.4) is 0 Å². The van der Waals surface area contributed by atoms with Crippen molar-refractivity contribution in [1.29, 1.82) is 0 Å². The fourth-order valence-corrected chi connectivity index (χ4v) is 0.879. The van der Waals surface area contributed by atoms with Gasteiger partial charge in [-0.25, -0.2) is 0 Å². The molecule has 1 fully saturated rings. The van der Waals surface area contributed by atoms with E-state index in [-0.39, 0.29) is 31.1 Å². The summed E-state index contributed by atoms with van der Waals surface area (Å²) in [6.07, 6.45) is 4.94. The van der Waals surface area contributed by atoms with Crippen LogP contribution in [0.2, 0.25) is 0 Å². The average molecular weight is 366 g/mol. The summed E-state index contributed by atoms with van der Waals surface area (Å²) in [6, 6.07) is 0. The minimum Gasteiger partial charge on any atom is -0.326 e. The standard InChI is InChI=1S/C6H12N.C2H6.U/c1-7-5-3-2-4-6-7;1-2;/h2H,3-6H2,1H3;1-2H3;/q-1;;. The molecule has 1 aliphatic rings. The second kappa shape index (κ2) is 10.0. The molecule has 0 aliphatic carbocycles. The van der Waals surface area contributed by atoms with E-state index in [0.29, 0.717) is 0 Å². The van der Waals surface area contributed by atoms with Gasteiger partial charge in [0.05, 0.1) is 0 Å². The number of piperidine rings is 1. The Bertz CT molecular complexity index is 51.2. The maximum absolute atomic E-state index is 2.36. The zero-order valence-electron chi connectivity index (χ0n) is 7.35. The van der Waals surface area contributed by atoms with Crippen LogP contribution in [0.25, 0.3) is 0 Å². The van der Waals surface area contributed by atoms with Crippen LogP contribution in [0.5, 0.6) is 0 Å². The number of hydrogen-bond donors (Lipinski definition) is 0. The Morgan fingerprint density at radius 3 is 1.70 bits per heavy atom. The zero-order chi connectivity index (χ0) is 7.11. The molecule has 1 saturated heterocycles. The molecule has 2 heteroatoms. The van der Waals surface area contributed by atoms with Gasteiger partial charge in [0.1, 0.15) is 0 Å². The van der Waals surface area contributed by atoms with Crippen molar-refractivity contribution in [2.75, 3.05) is 20.1 Å². The normalized spacial score (nSPS) is 18.3. The molecule has 1 rings (SSSR count). The third kappa shape index (κ3) is 7.12. The third-order valence-electron chi connectivity index (χ3n) is 1.43. The molecule has 0 amide bonds. The van der Waals surface area contributed by atoms with E-state index in [1.54, 1.807) is 0 Å². The molecule has 0 atom stereocenters. The molecular formula is C8H18NU-. The van der Waals surface area contributed by atoms with Crippen LogP contribution in [0, 0.1) is 37.5 Å². The molecule has 0 N–H and O–H groups in total. The molecule has 1 aliphatic heterocycles. The molecule has 0 radical (unpaired) electrons. The minimum atomic E-state index is 0. The number of rotatable bonds is 0. The van der Waals surface area contributed by atoms with Crippen LogP contribution < -0.4 is 0 Å². The predicted molar refractivity (Wildman–Crippen MR) is 42.4 cm³/mol.